The molecule has 1 atom stereocenters. The van der Waals surface area contributed by atoms with Gasteiger partial charge in [0.25, 0.3) is 0 Å². The number of carbonyl (C=O) groups excluding carboxylic acids is 1. The van der Waals surface area contributed by atoms with Gasteiger partial charge in [-0.2, -0.15) is 0 Å². The first kappa shape index (κ1) is 17.1. The van der Waals surface area contributed by atoms with Gasteiger partial charge in [-0.1, -0.05) is 0 Å². The Morgan fingerprint density at radius 3 is 2.88 bits per heavy atom. The molecule has 1 aromatic rings. The molecule has 3 rings (SSSR count). The van der Waals surface area contributed by atoms with Gasteiger partial charge in [-0.05, 0) is 31.2 Å². The van der Waals surface area contributed by atoms with Gasteiger partial charge in [-0.15, -0.1) is 0 Å². The fourth-order valence-electron chi connectivity index (χ4n) is 3.38. The molecule has 132 valence electrons. The molecule has 1 spiro atoms. The molecule has 0 aromatic carbocycles. The van der Waals surface area contributed by atoms with Crippen molar-refractivity contribution in [3.63, 3.8) is 0 Å². The predicted octanol–water partition coefficient (Wildman–Crippen LogP) is 0.957. The summed E-state index contributed by atoms with van der Waals surface area (Å²) in [6.45, 7) is 3.30. The first-order valence-electron chi connectivity index (χ1n) is 8.52. The van der Waals surface area contributed by atoms with Crippen LogP contribution in [-0.4, -0.2) is 73.4 Å². The summed E-state index contributed by atoms with van der Waals surface area (Å²) in [6.07, 6.45) is 6.62. The van der Waals surface area contributed by atoms with Crippen molar-refractivity contribution >= 4 is 11.9 Å². The zero-order chi connectivity index (χ0) is 17.0. The van der Waals surface area contributed by atoms with Crippen LogP contribution in [0.4, 0.5) is 5.95 Å². The number of hydrogen-bond acceptors (Lipinski definition) is 6. The minimum atomic E-state index is -0.0540. The SMILES string of the molecule is CN(C)C(=O)COCCC1CCOC2(C1)CN(c1ncccn1)C2. The summed E-state index contributed by atoms with van der Waals surface area (Å²) in [5.74, 6) is 1.38. The number of ether oxygens (including phenoxy) is 2. The van der Waals surface area contributed by atoms with Gasteiger partial charge in [0.2, 0.25) is 11.9 Å². The molecule has 2 aliphatic rings. The maximum Gasteiger partial charge on any atom is 0.248 e. The fourth-order valence-corrected chi connectivity index (χ4v) is 3.38. The topological polar surface area (TPSA) is 67.8 Å². The van der Waals surface area contributed by atoms with Crippen molar-refractivity contribution in [1.82, 2.24) is 14.9 Å². The Hall–Kier alpha value is -1.73. The van der Waals surface area contributed by atoms with Crippen LogP contribution in [0.3, 0.4) is 0 Å². The van der Waals surface area contributed by atoms with E-state index in [-0.39, 0.29) is 18.1 Å². The summed E-state index contributed by atoms with van der Waals surface area (Å²) >= 11 is 0. The second kappa shape index (κ2) is 7.44. The molecule has 7 nitrogen and oxygen atoms in total. The van der Waals surface area contributed by atoms with Gasteiger partial charge >= 0.3 is 0 Å². The first-order valence-corrected chi connectivity index (χ1v) is 8.52. The predicted molar refractivity (Wildman–Crippen MR) is 89.8 cm³/mol. The Bertz CT molecular complexity index is 546. The highest BCUT2D eigenvalue weighted by Gasteiger charge is 2.48. The minimum Gasteiger partial charge on any atom is -0.372 e. The number of aromatic nitrogens is 2. The molecule has 2 fully saturated rings. The van der Waals surface area contributed by atoms with Gasteiger partial charge in [0, 0.05) is 39.7 Å². The largest absolute Gasteiger partial charge is 0.372 e. The van der Waals surface area contributed by atoms with Gasteiger partial charge in [-0.25, -0.2) is 9.97 Å². The van der Waals surface area contributed by atoms with Gasteiger partial charge in [-0.3, -0.25) is 4.79 Å². The van der Waals surface area contributed by atoms with Crippen LogP contribution in [0.25, 0.3) is 0 Å². The second-order valence-corrected chi connectivity index (χ2v) is 6.92. The quantitative estimate of drug-likeness (QED) is 0.722. The molecule has 1 amide bonds. The molecule has 3 heterocycles. The number of nitrogens with zero attached hydrogens (tertiary/aromatic N) is 4. The standard InChI is InChI=1S/C17H26N4O3/c1-20(2)15(22)11-23-8-4-14-5-9-24-17(10-14)12-21(13-17)16-18-6-3-7-19-16/h3,6-7,14H,4-5,8-13H2,1-2H3. The summed E-state index contributed by atoms with van der Waals surface area (Å²) in [5, 5.41) is 0. The van der Waals surface area contributed by atoms with Crippen LogP contribution in [0, 0.1) is 5.92 Å². The Morgan fingerprint density at radius 2 is 2.17 bits per heavy atom. The van der Waals surface area contributed by atoms with Crippen molar-refractivity contribution in [3.8, 4) is 0 Å². The molecule has 1 aromatic heterocycles. The van der Waals surface area contributed by atoms with E-state index in [9.17, 15) is 4.79 Å². The van der Waals surface area contributed by atoms with E-state index in [2.05, 4.69) is 14.9 Å². The molecule has 2 aliphatic heterocycles. The van der Waals surface area contributed by atoms with E-state index in [4.69, 9.17) is 9.47 Å². The summed E-state index contributed by atoms with van der Waals surface area (Å²) in [5.41, 5.74) is -0.0540. The van der Waals surface area contributed by atoms with E-state index in [1.807, 2.05) is 6.07 Å². The Morgan fingerprint density at radius 1 is 1.42 bits per heavy atom. The van der Waals surface area contributed by atoms with Gasteiger partial charge in [0.1, 0.15) is 12.2 Å². The Balaban J connectivity index is 1.40. The summed E-state index contributed by atoms with van der Waals surface area (Å²) < 4.78 is 11.6. The van der Waals surface area contributed by atoms with Crippen LogP contribution in [0.2, 0.25) is 0 Å². The van der Waals surface area contributed by atoms with Gasteiger partial charge in [0.15, 0.2) is 0 Å². The molecule has 0 radical (unpaired) electrons. The van der Waals surface area contributed by atoms with Gasteiger partial charge < -0.3 is 19.3 Å². The van der Waals surface area contributed by atoms with Crippen LogP contribution in [0.1, 0.15) is 19.3 Å². The Kier molecular flexibility index (Phi) is 5.30. The van der Waals surface area contributed by atoms with Crippen LogP contribution in [0.5, 0.6) is 0 Å². The van der Waals surface area contributed by atoms with E-state index in [1.165, 1.54) is 0 Å². The zero-order valence-electron chi connectivity index (χ0n) is 14.5. The van der Waals surface area contributed by atoms with E-state index in [1.54, 1.807) is 31.4 Å². The van der Waals surface area contributed by atoms with Crippen LogP contribution >= 0.6 is 0 Å². The maximum absolute atomic E-state index is 11.5. The highest BCUT2D eigenvalue weighted by molar-refractivity contribution is 5.76. The molecule has 7 heteroatoms. The van der Waals surface area contributed by atoms with Crippen molar-refractivity contribution in [3.05, 3.63) is 18.5 Å². The van der Waals surface area contributed by atoms with Crippen LogP contribution in [0.15, 0.2) is 18.5 Å². The average Bonchev–Trinajstić information content (AvgIpc) is 2.57. The summed E-state index contributed by atoms with van der Waals surface area (Å²) in [6, 6.07) is 1.83. The zero-order valence-corrected chi connectivity index (χ0v) is 14.5. The monoisotopic (exact) mass is 334 g/mol. The normalized spacial score (nSPS) is 22.2. The molecule has 0 N–H and O–H groups in total. The number of amides is 1. The lowest BCUT2D eigenvalue weighted by Gasteiger charge is -2.53. The molecular formula is C17H26N4O3. The molecule has 0 bridgehead atoms. The van der Waals surface area contributed by atoms with Crippen molar-refractivity contribution < 1.29 is 14.3 Å². The summed E-state index contributed by atoms with van der Waals surface area (Å²) in [7, 11) is 3.49. The molecule has 1 unspecified atom stereocenters. The van der Waals surface area contributed by atoms with E-state index in [0.717, 1.165) is 44.9 Å². The van der Waals surface area contributed by atoms with Crippen LogP contribution < -0.4 is 4.90 Å². The second-order valence-electron chi connectivity index (χ2n) is 6.92. The first-order chi connectivity index (χ1) is 11.6. The molecule has 0 saturated carbocycles. The third-order valence-corrected chi connectivity index (χ3v) is 4.78. The number of rotatable bonds is 6. The number of likely N-dealkylation sites (N-methyl/N-ethyl adjacent to an activating group) is 1. The smallest absolute Gasteiger partial charge is 0.248 e. The van der Waals surface area contributed by atoms with Crippen molar-refractivity contribution in [1.29, 1.82) is 0 Å². The molecule has 0 aliphatic carbocycles. The van der Waals surface area contributed by atoms with Crippen molar-refractivity contribution in [2.45, 2.75) is 24.9 Å². The van der Waals surface area contributed by atoms with Crippen molar-refractivity contribution in [2.75, 3.05) is 51.9 Å². The lowest BCUT2D eigenvalue weighted by Crippen LogP contribution is -2.65. The van der Waals surface area contributed by atoms with E-state index < -0.39 is 0 Å². The van der Waals surface area contributed by atoms with Gasteiger partial charge in [0.05, 0.1) is 13.1 Å². The average molecular weight is 334 g/mol. The molecule has 2 saturated heterocycles. The third-order valence-electron chi connectivity index (χ3n) is 4.78. The number of hydrogen-bond donors (Lipinski definition) is 0. The van der Waals surface area contributed by atoms with Crippen LogP contribution in [-0.2, 0) is 14.3 Å². The molecule has 24 heavy (non-hydrogen) atoms. The Labute approximate surface area is 143 Å². The minimum absolute atomic E-state index is 0.0101. The lowest BCUT2D eigenvalue weighted by molar-refractivity contribution is -0.134. The van der Waals surface area contributed by atoms with Crippen molar-refractivity contribution in [2.24, 2.45) is 5.92 Å². The summed E-state index contributed by atoms with van der Waals surface area (Å²) in [4.78, 5) is 23.8. The lowest BCUT2D eigenvalue weighted by atomic mass is 9.79. The molecular weight excluding hydrogens is 308 g/mol. The maximum atomic E-state index is 11.5. The fraction of sp³-hybridized carbons (Fsp3) is 0.706. The number of carbonyl (C=O) groups is 1. The van der Waals surface area contributed by atoms with E-state index in [0.29, 0.717) is 12.5 Å². The van der Waals surface area contributed by atoms with E-state index >= 15 is 0 Å². The highest BCUT2D eigenvalue weighted by Crippen LogP contribution is 2.39. The number of anilines is 1. The third kappa shape index (κ3) is 4.02. The highest BCUT2D eigenvalue weighted by atomic mass is 16.5.